The van der Waals surface area contributed by atoms with Crippen molar-refractivity contribution in [1.29, 1.82) is 0 Å². The highest BCUT2D eigenvalue weighted by Gasteiger charge is 2.31. The molecule has 168 valence electrons. The van der Waals surface area contributed by atoms with Gasteiger partial charge in [-0.15, -0.1) is 0 Å². The van der Waals surface area contributed by atoms with E-state index in [1.54, 1.807) is 24.3 Å². The molecule has 0 saturated carbocycles. The van der Waals surface area contributed by atoms with Crippen molar-refractivity contribution in [2.75, 3.05) is 6.54 Å². The minimum Gasteiger partial charge on any atom is -0.455 e. The Labute approximate surface area is 197 Å². The number of amides is 2. The van der Waals surface area contributed by atoms with Crippen LogP contribution in [-0.4, -0.2) is 29.0 Å². The molecule has 2 aromatic carbocycles. The van der Waals surface area contributed by atoms with Crippen molar-refractivity contribution >= 4 is 29.1 Å². The lowest BCUT2D eigenvalue weighted by molar-refractivity contribution is 0.0699. The van der Waals surface area contributed by atoms with Gasteiger partial charge in [-0.1, -0.05) is 41.9 Å². The van der Waals surface area contributed by atoms with Gasteiger partial charge in [0.1, 0.15) is 5.76 Å². The molecule has 2 heterocycles. The highest BCUT2D eigenvalue weighted by atomic mass is 35.5. The number of furan rings is 1. The van der Waals surface area contributed by atoms with Crippen LogP contribution in [0, 0.1) is 6.92 Å². The van der Waals surface area contributed by atoms with Crippen LogP contribution in [0.3, 0.4) is 0 Å². The maximum atomic E-state index is 13.3. The van der Waals surface area contributed by atoms with E-state index in [0.717, 1.165) is 41.9 Å². The Morgan fingerprint density at radius 1 is 1.06 bits per heavy atom. The normalized spacial score (nSPS) is 16.3. The molecule has 0 atom stereocenters. The number of nitrogens with one attached hydrogen (secondary N) is 1. The fourth-order valence-electron chi connectivity index (χ4n) is 4.61. The van der Waals surface area contributed by atoms with E-state index in [2.05, 4.69) is 22.7 Å². The van der Waals surface area contributed by atoms with Crippen LogP contribution < -0.4 is 5.43 Å². The fourth-order valence-corrected chi connectivity index (χ4v) is 4.80. The number of rotatable bonds is 3. The average Bonchev–Trinajstić information content (AvgIpc) is 3.18. The SMILES string of the molecule is Cc1c(C(=O)N2CCc3ccccc3C2)oc2c1/C(=N/NC(=O)c1cccc(Cl)c1)CCC2. The number of carbonyl (C=O) groups is 2. The number of halogens is 1. The fraction of sp³-hybridized carbons (Fsp3) is 0.269. The van der Waals surface area contributed by atoms with Crippen LogP contribution in [0.2, 0.25) is 5.02 Å². The molecule has 0 fully saturated rings. The summed E-state index contributed by atoms with van der Waals surface area (Å²) in [6.45, 7) is 3.14. The lowest BCUT2D eigenvalue weighted by atomic mass is 9.93. The quantitative estimate of drug-likeness (QED) is 0.563. The Morgan fingerprint density at radius 3 is 2.70 bits per heavy atom. The van der Waals surface area contributed by atoms with Crippen molar-refractivity contribution in [3.8, 4) is 0 Å². The largest absolute Gasteiger partial charge is 0.455 e. The first kappa shape index (κ1) is 21.5. The van der Waals surface area contributed by atoms with Crippen LogP contribution in [0.1, 0.15) is 61.8 Å². The van der Waals surface area contributed by atoms with Crippen LogP contribution >= 0.6 is 11.6 Å². The molecule has 0 spiro atoms. The molecule has 1 N–H and O–H groups in total. The number of nitrogens with zero attached hydrogens (tertiary/aromatic N) is 2. The zero-order valence-corrected chi connectivity index (χ0v) is 19.1. The highest BCUT2D eigenvalue weighted by Crippen LogP contribution is 2.31. The number of benzene rings is 2. The lowest BCUT2D eigenvalue weighted by Crippen LogP contribution is -2.36. The Hall–Kier alpha value is -3.38. The lowest BCUT2D eigenvalue weighted by Gasteiger charge is -2.28. The molecule has 0 bridgehead atoms. The minimum atomic E-state index is -0.332. The first-order valence-electron chi connectivity index (χ1n) is 11.1. The summed E-state index contributed by atoms with van der Waals surface area (Å²) in [6.07, 6.45) is 3.13. The first-order chi connectivity index (χ1) is 16.0. The van der Waals surface area contributed by atoms with Gasteiger partial charge in [0.25, 0.3) is 11.8 Å². The molecule has 2 amide bonds. The van der Waals surface area contributed by atoms with Crippen LogP contribution in [0.25, 0.3) is 0 Å². The predicted molar refractivity (Wildman–Crippen MR) is 127 cm³/mol. The van der Waals surface area contributed by atoms with Crippen molar-refractivity contribution in [2.45, 2.75) is 39.2 Å². The van der Waals surface area contributed by atoms with E-state index in [1.165, 1.54) is 11.1 Å². The molecule has 1 aliphatic carbocycles. The van der Waals surface area contributed by atoms with Gasteiger partial charge in [0.15, 0.2) is 5.76 Å². The Bertz CT molecular complexity index is 1280. The molecule has 2 aliphatic rings. The van der Waals surface area contributed by atoms with Gasteiger partial charge in [-0.05, 0) is 55.5 Å². The molecule has 3 aromatic rings. The zero-order chi connectivity index (χ0) is 22.9. The van der Waals surface area contributed by atoms with Crippen molar-refractivity contribution in [1.82, 2.24) is 10.3 Å². The Balaban J connectivity index is 1.38. The summed E-state index contributed by atoms with van der Waals surface area (Å²) in [5, 5.41) is 4.89. The van der Waals surface area contributed by atoms with Crippen molar-refractivity contribution in [3.05, 3.63) is 92.9 Å². The number of fused-ring (bicyclic) bond motifs is 2. The summed E-state index contributed by atoms with van der Waals surface area (Å²) >= 11 is 5.99. The molecule has 5 rings (SSSR count). The van der Waals surface area contributed by atoms with Gasteiger partial charge in [-0.25, -0.2) is 5.43 Å². The van der Waals surface area contributed by atoms with Gasteiger partial charge in [0.05, 0.1) is 5.71 Å². The van der Waals surface area contributed by atoms with E-state index in [-0.39, 0.29) is 11.8 Å². The number of carbonyl (C=O) groups excluding carboxylic acids is 2. The number of hydrogen-bond acceptors (Lipinski definition) is 4. The van der Waals surface area contributed by atoms with Crippen LogP contribution in [0.5, 0.6) is 0 Å². The third-order valence-electron chi connectivity index (χ3n) is 6.32. The third-order valence-corrected chi connectivity index (χ3v) is 6.55. The molecular weight excluding hydrogens is 438 g/mol. The van der Waals surface area contributed by atoms with E-state index in [9.17, 15) is 9.59 Å². The molecule has 6 nitrogen and oxygen atoms in total. The van der Waals surface area contributed by atoms with E-state index < -0.39 is 0 Å². The van der Waals surface area contributed by atoms with Crippen LogP contribution in [0.15, 0.2) is 58.0 Å². The third kappa shape index (κ3) is 4.18. The van der Waals surface area contributed by atoms with Gasteiger partial charge >= 0.3 is 0 Å². The van der Waals surface area contributed by atoms with Gasteiger partial charge < -0.3 is 9.32 Å². The maximum Gasteiger partial charge on any atom is 0.290 e. The maximum absolute atomic E-state index is 13.3. The van der Waals surface area contributed by atoms with Crippen molar-refractivity contribution in [3.63, 3.8) is 0 Å². The summed E-state index contributed by atoms with van der Waals surface area (Å²) in [5.41, 5.74) is 7.89. The molecule has 0 saturated heterocycles. The zero-order valence-electron chi connectivity index (χ0n) is 18.4. The monoisotopic (exact) mass is 461 g/mol. The molecule has 7 heteroatoms. The van der Waals surface area contributed by atoms with Gasteiger partial charge in [0.2, 0.25) is 0 Å². The second-order valence-electron chi connectivity index (χ2n) is 8.46. The molecule has 0 radical (unpaired) electrons. The summed E-state index contributed by atoms with van der Waals surface area (Å²) in [5.74, 6) is 0.700. The minimum absolute atomic E-state index is 0.0984. The summed E-state index contributed by atoms with van der Waals surface area (Å²) in [4.78, 5) is 27.7. The smallest absolute Gasteiger partial charge is 0.290 e. The second-order valence-corrected chi connectivity index (χ2v) is 8.90. The molecule has 1 aromatic heterocycles. The van der Waals surface area contributed by atoms with E-state index >= 15 is 0 Å². The topological polar surface area (TPSA) is 74.9 Å². The van der Waals surface area contributed by atoms with Gasteiger partial charge in [-0.2, -0.15) is 5.10 Å². The Kier molecular flexibility index (Phi) is 5.77. The Morgan fingerprint density at radius 2 is 1.88 bits per heavy atom. The van der Waals surface area contributed by atoms with Crippen molar-refractivity contribution < 1.29 is 14.0 Å². The van der Waals surface area contributed by atoms with Crippen LogP contribution in [-0.2, 0) is 19.4 Å². The summed E-state index contributed by atoms with van der Waals surface area (Å²) < 4.78 is 6.08. The molecule has 33 heavy (non-hydrogen) atoms. The standard InChI is InChI=1S/C26H24ClN3O3/c1-16-23-21(28-29-25(31)18-8-4-9-20(27)14-18)10-5-11-22(23)33-24(16)26(32)30-13-12-17-6-2-3-7-19(17)15-30/h2-4,6-9,14H,5,10-13,15H2,1H3,(H,29,31)/b28-21+. The van der Waals surface area contributed by atoms with E-state index in [0.29, 0.717) is 35.9 Å². The first-order valence-corrected chi connectivity index (χ1v) is 11.5. The van der Waals surface area contributed by atoms with E-state index in [1.807, 2.05) is 24.0 Å². The second kappa shape index (κ2) is 8.87. The molecule has 1 aliphatic heterocycles. The van der Waals surface area contributed by atoms with Gasteiger partial charge in [0, 0.05) is 41.2 Å². The molecule has 0 unspecified atom stereocenters. The molecular formula is C26H24ClN3O3. The van der Waals surface area contributed by atoms with E-state index in [4.69, 9.17) is 16.0 Å². The van der Waals surface area contributed by atoms with Crippen molar-refractivity contribution in [2.24, 2.45) is 5.10 Å². The summed E-state index contributed by atoms with van der Waals surface area (Å²) in [6, 6.07) is 14.9. The number of hydrazone groups is 1. The highest BCUT2D eigenvalue weighted by molar-refractivity contribution is 6.31. The summed E-state index contributed by atoms with van der Waals surface area (Å²) in [7, 11) is 0. The number of aryl methyl sites for hydroxylation is 1. The predicted octanol–water partition coefficient (Wildman–Crippen LogP) is 4.91. The van der Waals surface area contributed by atoms with Gasteiger partial charge in [-0.3, -0.25) is 9.59 Å². The number of hydrogen-bond donors (Lipinski definition) is 1. The average molecular weight is 462 g/mol. The van der Waals surface area contributed by atoms with Crippen LogP contribution in [0.4, 0.5) is 0 Å².